The Hall–Kier alpha value is -3.79. The van der Waals surface area contributed by atoms with E-state index in [1.807, 2.05) is 18.2 Å². The molecular formula is C25H17ClN4O4S. The average Bonchev–Trinajstić information content (AvgIpc) is 3.57. The van der Waals surface area contributed by atoms with Gasteiger partial charge >= 0.3 is 5.97 Å². The number of benzene rings is 3. The van der Waals surface area contributed by atoms with Gasteiger partial charge < -0.3 is 19.6 Å². The van der Waals surface area contributed by atoms with E-state index in [0.717, 1.165) is 33.8 Å². The SMILES string of the molecule is COc1ccc(C2(O)OC(=O)C(c3ccc4nsnc4c3)=C2Cc2ccc3nc[nH]c3c2)cc1Cl. The van der Waals surface area contributed by atoms with Crippen LogP contribution in [0, 0.1) is 0 Å². The minimum absolute atomic E-state index is 0.240. The quantitative estimate of drug-likeness (QED) is 0.336. The number of carbonyl (C=O) groups is 1. The summed E-state index contributed by atoms with van der Waals surface area (Å²) in [6.07, 6.45) is 1.86. The van der Waals surface area contributed by atoms with Gasteiger partial charge in [0.2, 0.25) is 0 Å². The molecule has 0 saturated carbocycles. The zero-order valence-electron chi connectivity index (χ0n) is 18.3. The molecule has 0 fully saturated rings. The summed E-state index contributed by atoms with van der Waals surface area (Å²) in [5.41, 5.74) is 5.50. The molecule has 3 aromatic carbocycles. The van der Waals surface area contributed by atoms with Crippen LogP contribution in [0.3, 0.4) is 0 Å². The summed E-state index contributed by atoms with van der Waals surface area (Å²) in [5.74, 6) is -2.22. The lowest BCUT2D eigenvalue weighted by molar-refractivity contribution is -0.185. The summed E-state index contributed by atoms with van der Waals surface area (Å²) in [5, 5.41) is 12.2. The molecule has 0 saturated heterocycles. The number of fused-ring (bicyclic) bond motifs is 2. The summed E-state index contributed by atoms with van der Waals surface area (Å²) < 4.78 is 19.4. The van der Waals surface area contributed by atoms with Gasteiger partial charge in [0.25, 0.3) is 5.79 Å². The topological polar surface area (TPSA) is 110 Å². The lowest BCUT2D eigenvalue weighted by Crippen LogP contribution is -2.29. The van der Waals surface area contributed by atoms with Crippen molar-refractivity contribution in [3.05, 3.63) is 88.2 Å². The normalized spacial score (nSPS) is 18.0. The number of nitrogens with zero attached hydrogens (tertiary/aromatic N) is 3. The highest BCUT2D eigenvalue weighted by molar-refractivity contribution is 7.00. The van der Waals surface area contributed by atoms with Crippen LogP contribution in [0.25, 0.3) is 27.6 Å². The van der Waals surface area contributed by atoms with Crippen molar-refractivity contribution in [2.45, 2.75) is 12.2 Å². The standard InChI is InChI=1S/C25H17ClN4O4S/c1-33-22-7-4-15(11-17(22)26)25(32)16(8-13-2-5-18-20(9-13)28-12-27-18)23(24(31)34-25)14-3-6-19-21(10-14)30-35-29-19/h2-7,9-12,32H,8H2,1H3,(H,27,28). The first-order valence-corrected chi connectivity index (χ1v) is 11.7. The molecule has 3 heterocycles. The number of carbonyl (C=O) groups excluding carboxylic acids is 1. The molecule has 0 amide bonds. The first kappa shape index (κ1) is 21.7. The van der Waals surface area contributed by atoms with Crippen molar-refractivity contribution in [2.24, 2.45) is 0 Å². The zero-order valence-corrected chi connectivity index (χ0v) is 19.9. The number of aromatic amines is 1. The third kappa shape index (κ3) is 3.56. The van der Waals surface area contributed by atoms with Crippen molar-refractivity contribution < 1.29 is 19.4 Å². The van der Waals surface area contributed by atoms with Crippen LogP contribution in [0.15, 0.2) is 66.5 Å². The van der Waals surface area contributed by atoms with Gasteiger partial charge in [0, 0.05) is 17.6 Å². The fourth-order valence-electron chi connectivity index (χ4n) is 4.38. The molecule has 6 rings (SSSR count). The lowest BCUT2D eigenvalue weighted by Gasteiger charge is -2.26. The van der Waals surface area contributed by atoms with E-state index >= 15 is 0 Å². The second kappa shape index (κ2) is 8.16. The maximum atomic E-state index is 13.3. The zero-order chi connectivity index (χ0) is 24.2. The van der Waals surface area contributed by atoms with Gasteiger partial charge in [0.15, 0.2) is 0 Å². The van der Waals surface area contributed by atoms with E-state index in [4.69, 9.17) is 21.1 Å². The monoisotopic (exact) mass is 504 g/mol. The molecule has 1 atom stereocenters. The van der Waals surface area contributed by atoms with Gasteiger partial charge in [-0.3, -0.25) is 0 Å². The number of aliphatic hydroxyl groups is 1. The summed E-state index contributed by atoms with van der Waals surface area (Å²) in [7, 11) is 1.50. The highest BCUT2D eigenvalue weighted by Crippen LogP contribution is 2.46. The molecule has 35 heavy (non-hydrogen) atoms. The van der Waals surface area contributed by atoms with Gasteiger partial charge in [0.05, 0.1) is 46.8 Å². The smallest absolute Gasteiger partial charge is 0.342 e. The molecule has 0 radical (unpaired) electrons. The van der Waals surface area contributed by atoms with E-state index < -0.39 is 11.8 Å². The van der Waals surface area contributed by atoms with Crippen LogP contribution in [-0.4, -0.2) is 36.9 Å². The van der Waals surface area contributed by atoms with Crippen LogP contribution in [0.2, 0.25) is 5.02 Å². The fourth-order valence-corrected chi connectivity index (χ4v) is 5.16. The molecule has 10 heteroatoms. The third-order valence-corrected chi connectivity index (χ3v) is 6.96. The summed E-state index contributed by atoms with van der Waals surface area (Å²) >= 11 is 7.45. The number of H-pyrrole nitrogens is 1. The Balaban J connectivity index is 1.55. The highest BCUT2D eigenvalue weighted by Gasteiger charge is 2.48. The van der Waals surface area contributed by atoms with Gasteiger partial charge in [-0.1, -0.05) is 23.7 Å². The Morgan fingerprint density at radius 3 is 2.74 bits per heavy atom. The maximum absolute atomic E-state index is 13.3. The van der Waals surface area contributed by atoms with Crippen LogP contribution < -0.4 is 4.74 Å². The molecule has 1 unspecified atom stereocenters. The van der Waals surface area contributed by atoms with Crippen LogP contribution in [0.1, 0.15) is 16.7 Å². The predicted molar refractivity (Wildman–Crippen MR) is 132 cm³/mol. The van der Waals surface area contributed by atoms with Crippen LogP contribution in [-0.2, 0) is 21.7 Å². The van der Waals surface area contributed by atoms with E-state index in [1.54, 1.807) is 42.7 Å². The van der Waals surface area contributed by atoms with Gasteiger partial charge in [-0.15, -0.1) is 0 Å². The molecule has 1 aliphatic rings. The number of methoxy groups -OCH3 is 1. The molecule has 0 bridgehead atoms. The number of ether oxygens (including phenoxy) is 2. The molecular weight excluding hydrogens is 488 g/mol. The fraction of sp³-hybridized carbons (Fsp3) is 0.120. The molecule has 5 aromatic rings. The van der Waals surface area contributed by atoms with Crippen molar-refractivity contribution >= 4 is 56.9 Å². The molecule has 0 aliphatic carbocycles. The molecule has 1 aliphatic heterocycles. The minimum atomic E-state index is -2.03. The highest BCUT2D eigenvalue weighted by atomic mass is 35.5. The Bertz CT molecular complexity index is 1660. The van der Waals surface area contributed by atoms with Gasteiger partial charge in [-0.05, 0) is 53.6 Å². The number of imidazole rings is 1. The number of rotatable bonds is 5. The Morgan fingerprint density at radius 1 is 1.09 bits per heavy atom. The van der Waals surface area contributed by atoms with Crippen molar-refractivity contribution in [1.29, 1.82) is 0 Å². The lowest BCUT2D eigenvalue weighted by atomic mass is 9.88. The van der Waals surface area contributed by atoms with Crippen LogP contribution in [0.5, 0.6) is 5.75 Å². The number of hydrogen-bond donors (Lipinski definition) is 2. The van der Waals surface area contributed by atoms with E-state index in [9.17, 15) is 9.90 Å². The van der Waals surface area contributed by atoms with Crippen molar-refractivity contribution in [1.82, 2.24) is 18.7 Å². The maximum Gasteiger partial charge on any atom is 0.342 e. The molecule has 8 nitrogen and oxygen atoms in total. The van der Waals surface area contributed by atoms with Crippen LogP contribution in [0.4, 0.5) is 0 Å². The predicted octanol–water partition coefficient (Wildman–Crippen LogP) is 4.63. The number of halogens is 1. The van der Waals surface area contributed by atoms with E-state index in [-0.39, 0.29) is 17.0 Å². The van der Waals surface area contributed by atoms with Crippen molar-refractivity contribution in [2.75, 3.05) is 7.11 Å². The number of nitrogens with one attached hydrogen (secondary N) is 1. The van der Waals surface area contributed by atoms with Gasteiger partial charge in [-0.2, -0.15) is 8.75 Å². The number of hydrogen-bond acceptors (Lipinski definition) is 8. The number of aromatic nitrogens is 4. The molecule has 0 spiro atoms. The summed E-state index contributed by atoms with van der Waals surface area (Å²) in [6, 6.07) is 15.9. The minimum Gasteiger partial charge on any atom is -0.495 e. The van der Waals surface area contributed by atoms with E-state index in [2.05, 4.69) is 18.7 Å². The first-order valence-electron chi connectivity index (χ1n) is 10.6. The average molecular weight is 505 g/mol. The number of cyclic esters (lactones) is 1. The molecule has 174 valence electrons. The second-order valence-electron chi connectivity index (χ2n) is 8.13. The molecule has 2 N–H and O–H groups in total. The van der Waals surface area contributed by atoms with E-state index in [1.165, 1.54) is 7.11 Å². The van der Waals surface area contributed by atoms with Crippen molar-refractivity contribution in [3.8, 4) is 5.75 Å². The van der Waals surface area contributed by atoms with Crippen LogP contribution >= 0.6 is 23.3 Å². The van der Waals surface area contributed by atoms with E-state index in [0.29, 0.717) is 28.0 Å². The Labute approximate surface area is 208 Å². The summed E-state index contributed by atoms with van der Waals surface area (Å²) in [4.78, 5) is 20.6. The van der Waals surface area contributed by atoms with Gasteiger partial charge in [-0.25, -0.2) is 9.78 Å². The molecule has 2 aromatic heterocycles. The Kier molecular flexibility index (Phi) is 5.06. The number of esters is 1. The Morgan fingerprint density at radius 2 is 1.91 bits per heavy atom. The summed E-state index contributed by atoms with van der Waals surface area (Å²) in [6.45, 7) is 0. The largest absolute Gasteiger partial charge is 0.495 e. The second-order valence-corrected chi connectivity index (χ2v) is 9.07. The first-order chi connectivity index (χ1) is 17.0. The van der Waals surface area contributed by atoms with Crippen molar-refractivity contribution in [3.63, 3.8) is 0 Å². The third-order valence-electron chi connectivity index (χ3n) is 6.11. The van der Waals surface area contributed by atoms with Gasteiger partial charge in [0.1, 0.15) is 16.8 Å².